The van der Waals surface area contributed by atoms with Crippen LogP contribution in [0.25, 0.3) is 10.9 Å². The molecule has 0 aliphatic carbocycles. The normalized spacial score (nSPS) is 11.3. The molecule has 3 aromatic heterocycles. The Morgan fingerprint density at radius 1 is 0.955 bits per heavy atom. The Hall–Kier alpha value is -4.96. The van der Waals surface area contributed by atoms with Gasteiger partial charge in [-0.05, 0) is 49.9 Å². The maximum atomic E-state index is 13.7. The monoisotopic (exact) mass is 592 g/mol. The van der Waals surface area contributed by atoms with Gasteiger partial charge < -0.3 is 20.9 Å². The van der Waals surface area contributed by atoms with Gasteiger partial charge in [0.05, 0.1) is 19.4 Å². The number of hydrogen-bond donors (Lipinski definition) is 4. The van der Waals surface area contributed by atoms with Gasteiger partial charge >= 0.3 is 0 Å². The number of aromatic amines is 1. The molecule has 0 unspecified atom stereocenters. The largest absolute Gasteiger partial charge is 0.367 e. The van der Waals surface area contributed by atoms with Gasteiger partial charge in [0.15, 0.2) is 0 Å². The van der Waals surface area contributed by atoms with E-state index in [9.17, 15) is 9.59 Å². The Morgan fingerprint density at radius 3 is 2.27 bits per heavy atom. The van der Waals surface area contributed by atoms with E-state index in [4.69, 9.17) is 0 Å². The van der Waals surface area contributed by atoms with E-state index in [1.807, 2.05) is 38.1 Å². The molecular weight excluding hydrogens is 552 g/mol. The zero-order chi connectivity index (χ0) is 30.7. The average molecular weight is 593 g/mol. The lowest BCUT2D eigenvalue weighted by molar-refractivity contribution is -0.121. The van der Waals surface area contributed by atoms with Crippen molar-refractivity contribution < 1.29 is 4.79 Å². The molecule has 0 radical (unpaired) electrons. The molecule has 0 aliphatic rings. The number of hydrogen-bond acceptors (Lipinski definition) is 7. The summed E-state index contributed by atoms with van der Waals surface area (Å²) in [4.78, 5) is 40.9. The highest BCUT2D eigenvalue weighted by Crippen LogP contribution is 2.13. The number of pyridine rings is 1. The molecule has 0 bridgehead atoms. The number of benzene rings is 2. The number of nitrogens with one attached hydrogen (secondary N) is 4. The third-order valence-electron chi connectivity index (χ3n) is 7.33. The SMILES string of the molecule is CC(C)Nc1ncc(NCN(CCc2ccccc2)CCc2ccccc2)c(=O)n1CC(=O)NCc1cc2cnccc2[nH]1. The molecule has 1 amide bonds. The summed E-state index contributed by atoms with van der Waals surface area (Å²) in [6.45, 7) is 6.18. The lowest BCUT2D eigenvalue weighted by Gasteiger charge is -2.24. The zero-order valence-electron chi connectivity index (χ0n) is 25.3. The van der Waals surface area contributed by atoms with Gasteiger partial charge in [-0.1, -0.05) is 60.7 Å². The van der Waals surface area contributed by atoms with Crippen molar-refractivity contribution in [3.63, 3.8) is 0 Å². The van der Waals surface area contributed by atoms with E-state index in [0.29, 0.717) is 24.8 Å². The highest BCUT2D eigenvalue weighted by Gasteiger charge is 2.16. The molecule has 10 heteroatoms. The number of aromatic nitrogens is 4. The predicted molar refractivity (Wildman–Crippen MR) is 176 cm³/mol. The average Bonchev–Trinajstić information content (AvgIpc) is 3.46. The van der Waals surface area contributed by atoms with Gasteiger partial charge in [-0.2, -0.15) is 0 Å². The van der Waals surface area contributed by atoms with Crippen LogP contribution < -0.4 is 21.5 Å². The molecule has 228 valence electrons. The lowest BCUT2D eigenvalue weighted by atomic mass is 10.1. The highest BCUT2D eigenvalue weighted by molar-refractivity contribution is 5.80. The second kappa shape index (κ2) is 15.0. The molecule has 0 fully saturated rings. The first kappa shape index (κ1) is 30.5. The summed E-state index contributed by atoms with van der Waals surface area (Å²) in [7, 11) is 0. The number of carbonyl (C=O) groups excluding carboxylic acids is 1. The van der Waals surface area contributed by atoms with Gasteiger partial charge in [-0.15, -0.1) is 0 Å². The number of nitrogens with zero attached hydrogens (tertiary/aromatic N) is 4. The number of amides is 1. The van der Waals surface area contributed by atoms with Crippen LogP contribution in [-0.4, -0.2) is 56.1 Å². The lowest BCUT2D eigenvalue weighted by Crippen LogP contribution is -2.38. The van der Waals surface area contributed by atoms with Gasteiger partial charge in [0.25, 0.3) is 5.56 Å². The summed E-state index contributed by atoms with van der Waals surface area (Å²) in [5.41, 5.74) is 4.38. The van der Waals surface area contributed by atoms with Crippen molar-refractivity contribution in [1.29, 1.82) is 0 Å². The fourth-order valence-electron chi connectivity index (χ4n) is 4.99. The summed E-state index contributed by atoms with van der Waals surface area (Å²) in [6, 6.07) is 24.6. The van der Waals surface area contributed by atoms with Gasteiger partial charge in [0.1, 0.15) is 12.2 Å². The minimum atomic E-state index is -0.305. The summed E-state index contributed by atoms with van der Waals surface area (Å²) >= 11 is 0. The molecular formula is C34H40N8O2. The van der Waals surface area contributed by atoms with Gasteiger partial charge in [-0.25, -0.2) is 4.98 Å². The van der Waals surface area contributed by atoms with Gasteiger partial charge in [0, 0.05) is 48.1 Å². The maximum absolute atomic E-state index is 13.7. The summed E-state index contributed by atoms with van der Waals surface area (Å²) in [5.74, 6) is 0.0642. The van der Waals surface area contributed by atoms with Crippen molar-refractivity contribution in [2.45, 2.75) is 45.8 Å². The van der Waals surface area contributed by atoms with Crippen LogP contribution >= 0.6 is 0 Å². The van der Waals surface area contributed by atoms with E-state index >= 15 is 0 Å². The molecule has 0 atom stereocenters. The Morgan fingerprint density at radius 2 is 1.64 bits per heavy atom. The van der Waals surface area contributed by atoms with Crippen LogP contribution in [0.5, 0.6) is 0 Å². The predicted octanol–water partition coefficient (Wildman–Crippen LogP) is 4.41. The second-order valence-electron chi connectivity index (χ2n) is 11.1. The van der Waals surface area contributed by atoms with E-state index < -0.39 is 0 Å². The van der Waals surface area contributed by atoms with Crippen LogP contribution in [0.4, 0.5) is 11.6 Å². The van der Waals surface area contributed by atoms with Crippen molar-refractivity contribution in [1.82, 2.24) is 29.7 Å². The zero-order valence-corrected chi connectivity index (χ0v) is 25.3. The molecule has 0 saturated heterocycles. The highest BCUT2D eigenvalue weighted by atomic mass is 16.2. The van der Waals surface area contributed by atoms with Crippen molar-refractivity contribution in [2.75, 3.05) is 30.4 Å². The van der Waals surface area contributed by atoms with Crippen LogP contribution in [0.3, 0.4) is 0 Å². The smallest absolute Gasteiger partial charge is 0.278 e. The van der Waals surface area contributed by atoms with E-state index in [0.717, 1.165) is 42.5 Å². The maximum Gasteiger partial charge on any atom is 0.278 e. The molecule has 0 spiro atoms. The van der Waals surface area contributed by atoms with Crippen LogP contribution in [0, 0.1) is 0 Å². The molecule has 3 heterocycles. The number of rotatable bonds is 15. The molecule has 2 aromatic carbocycles. The van der Waals surface area contributed by atoms with Gasteiger partial charge in [-0.3, -0.25) is 24.0 Å². The van der Waals surface area contributed by atoms with E-state index in [1.54, 1.807) is 18.6 Å². The first-order valence-electron chi connectivity index (χ1n) is 15.0. The topological polar surface area (TPSA) is 120 Å². The van der Waals surface area contributed by atoms with E-state index in [2.05, 4.69) is 84.3 Å². The third-order valence-corrected chi connectivity index (χ3v) is 7.33. The fraction of sp³-hybridized carbons (Fsp3) is 0.294. The Balaban J connectivity index is 1.27. The Labute approximate surface area is 257 Å². The van der Waals surface area contributed by atoms with Crippen LogP contribution in [0.15, 0.2) is 96.2 Å². The van der Waals surface area contributed by atoms with Crippen molar-refractivity contribution in [3.05, 3.63) is 119 Å². The first-order chi connectivity index (χ1) is 21.4. The van der Waals surface area contributed by atoms with Crippen LogP contribution in [0.2, 0.25) is 0 Å². The summed E-state index contributed by atoms with van der Waals surface area (Å²) in [6.07, 6.45) is 6.83. The van der Waals surface area contributed by atoms with Gasteiger partial charge in [0.2, 0.25) is 11.9 Å². The van der Waals surface area contributed by atoms with Crippen LogP contribution in [-0.2, 0) is 30.7 Å². The molecule has 44 heavy (non-hydrogen) atoms. The number of anilines is 2. The fourth-order valence-corrected chi connectivity index (χ4v) is 4.99. The Bertz CT molecular complexity index is 1620. The van der Waals surface area contributed by atoms with Crippen molar-refractivity contribution >= 4 is 28.4 Å². The van der Waals surface area contributed by atoms with Crippen molar-refractivity contribution in [2.24, 2.45) is 0 Å². The summed E-state index contributed by atoms with van der Waals surface area (Å²) in [5, 5.41) is 10.4. The van der Waals surface area contributed by atoms with Crippen LogP contribution in [0.1, 0.15) is 30.7 Å². The van der Waals surface area contributed by atoms with E-state index in [1.165, 1.54) is 15.7 Å². The first-order valence-corrected chi connectivity index (χ1v) is 15.0. The Kier molecular flexibility index (Phi) is 10.4. The number of H-pyrrole nitrogens is 1. The molecule has 0 aliphatic heterocycles. The summed E-state index contributed by atoms with van der Waals surface area (Å²) < 4.78 is 1.39. The second-order valence-corrected chi connectivity index (χ2v) is 11.1. The molecule has 5 aromatic rings. The molecule has 10 nitrogen and oxygen atoms in total. The number of carbonyl (C=O) groups is 1. The minimum absolute atomic E-state index is 0.0291. The van der Waals surface area contributed by atoms with E-state index in [-0.39, 0.29) is 24.1 Å². The third kappa shape index (κ3) is 8.54. The molecule has 0 saturated carbocycles. The van der Waals surface area contributed by atoms with Crippen molar-refractivity contribution in [3.8, 4) is 0 Å². The standard InChI is InChI=1S/C34H40N8O2/c1-25(2)39-34-37-22-31(33(44)42(34)23-32(43)36-21-29-19-28-20-35-16-13-30(28)40-29)38-24-41(17-14-26-9-5-3-6-10-26)18-15-27-11-7-4-8-12-27/h3-13,16,19-20,22,25,38,40H,14-15,17-18,21,23-24H2,1-2H3,(H,36,43)(H,37,39). The minimum Gasteiger partial charge on any atom is -0.367 e. The molecule has 4 N–H and O–H groups in total. The molecule has 5 rings (SSSR count). The number of fused-ring (bicyclic) bond motifs is 1. The quantitative estimate of drug-likeness (QED) is 0.133.